The summed E-state index contributed by atoms with van der Waals surface area (Å²) in [6.07, 6.45) is 1.43. The maximum Gasteiger partial charge on any atom is 0.219 e. The van der Waals surface area contributed by atoms with E-state index in [2.05, 4.69) is 16.3 Å². The number of halogens is 1. The van der Waals surface area contributed by atoms with Gasteiger partial charge in [0, 0.05) is 28.8 Å². The lowest BCUT2D eigenvalue weighted by atomic mass is 9.75. The van der Waals surface area contributed by atoms with Gasteiger partial charge in [0.15, 0.2) is 15.9 Å². The second-order valence-corrected chi connectivity index (χ2v) is 10.8. The summed E-state index contributed by atoms with van der Waals surface area (Å²) in [5.41, 5.74) is 8.36. The largest absolute Gasteiger partial charge is 0.497 e. The van der Waals surface area contributed by atoms with Crippen LogP contribution in [0.25, 0.3) is 0 Å². The van der Waals surface area contributed by atoms with Crippen molar-refractivity contribution in [3.63, 3.8) is 0 Å². The highest BCUT2D eigenvalue weighted by Crippen LogP contribution is 2.47. The lowest BCUT2D eigenvalue weighted by Crippen LogP contribution is -2.38. The number of thioether (sulfide) groups is 1. The Kier molecular flexibility index (Phi) is 7.26. The smallest absolute Gasteiger partial charge is 0.219 e. The lowest BCUT2D eigenvalue weighted by molar-refractivity contribution is -0.116. The SMILES string of the molecule is COc1ccc(C(=O)CSc2nnc(N3C(N)=C(C#N)C(c4ccccc4F)C4=C3CCCC4=O)s2)cc1. The molecule has 38 heavy (non-hydrogen) atoms. The number of Topliss-reactive ketones (excluding diaryl/α,β-unsaturated/α-hetero) is 2. The van der Waals surface area contributed by atoms with Crippen molar-refractivity contribution in [2.24, 2.45) is 5.73 Å². The first-order valence-electron chi connectivity index (χ1n) is 11.8. The van der Waals surface area contributed by atoms with Gasteiger partial charge in [-0.15, -0.1) is 10.2 Å². The molecule has 2 heterocycles. The number of anilines is 1. The second kappa shape index (κ2) is 10.8. The molecule has 0 fully saturated rings. The fourth-order valence-corrected chi connectivity index (χ4v) is 6.44. The first kappa shape index (κ1) is 25.6. The maximum atomic E-state index is 14.9. The third-order valence-corrected chi connectivity index (χ3v) is 8.50. The predicted octanol–water partition coefficient (Wildman–Crippen LogP) is 4.97. The highest BCUT2D eigenvalue weighted by Gasteiger charge is 2.42. The molecule has 0 bridgehead atoms. The zero-order chi connectivity index (χ0) is 26.8. The molecule has 1 aliphatic heterocycles. The lowest BCUT2D eigenvalue weighted by Gasteiger charge is -2.38. The molecule has 3 aromatic rings. The Balaban J connectivity index is 1.45. The molecule has 2 aliphatic rings. The number of ketones is 2. The Morgan fingerprint density at radius 2 is 2.00 bits per heavy atom. The molecule has 0 saturated carbocycles. The number of hydrogen-bond donors (Lipinski definition) is 1. The van der Waals surface area contributed by atoms with Crippen molar-refractivity contribution in [3.05, 3.63) is 88.1 Å². The first-order valence-corrected chi connectivity index (χ1v) is 13.6. The van der Waals surface area contributed by atoms with E-state index >= 15 is 0 Å². The molecule has 0 saturated heterocycles. The molecule has 0 radical (unpaired) electrons. The number of methoxy groups -OCH3 is 1. The monoisotopic (exact) mass is 547 g/mol. The molecule has 1 atom stereocenters. The van der Waals surface area contributed by atoms with E-state index in [1.807, 2.05) is 0 Å². The van der Waals surface area contributed by atoms with Crippen LogP contribution in [0.3, 0.4) is 0 Å². The summed E-state index contributed by atoms with van der Waals surface area (Å²) in [6, 6.07) is 15.1. The molecule has 1 unspecified atom stereocenters. The number of carbonyl (C=O) groups excluding carboxylic acids is 2. The molecule has 0 amide bonds. The van der Waals surface area contributed by atoms with Gasteiger partial charge in [-0.05, 0) is 43.2 Å². The van der Waals surface area contributed by atoms with Crippen molar-refractivity contribution >= 4 is 39.8 Å². The molecule has 0 spiro atoms. The Morgan fingerprint density at radius 3 is 2.71 bits per heavy atom. The quantitative estimate of drug-likeness (QED) is 0.323. The third kappa shape index (κ3) is 4.68. The highest BCUT2D eigenvalue weighted by atomic mass is 32.2. The Bertz CT molecular complexity index is 1520. The van der Waals surface area contributed by atoms with E-state index in [1.165, 1.54) is 29.2 Å². The Morgan fingerprint density at radius 1 is 1.24 bits per heavy atom. The number of allylic oxidation sites excluding steroid dienone is 3. The van der Waals surface area contributed by atoms with Crippen molar-refractivity contribution in [1.29, 1.82) is 5.26 Å². The summed E-state index contributed by atoms with van der Waals surface area (Å²) in [7, 11) is 1.56. The van der Waals surface area contributed by atoms with Crippen LogP contribution in [0, 0.1) is 17.1 Å². The van der Waals surface area contributed by atoms with Gasteiger partial charge < -0.3 is 10.5 Å². The zero-order valence-electron chi connectivity index (χ0n) is 20.3. The third-order valence-electron chi connectivity index (χ3n) is 6.46. The summed E-state index contributed by atoms with van der Waals surface area (Å²) in [6.45, 7) is 0. The van der Waals surface area contributed by atoms with Crippen LogP contribution in [0.15, 0.2) is 75.5 Å². The van der Waals surface area contributed by atoms with Gasteiger partial charge in [-0.3, -0.25) is 14.5 Å². The Labute approximate surface area is 226 Å². The molecule has 1 aliphatic carbocycles. The number of nitriles is 1. The molecule has 8 nitrogen and oxygen atoms in total. The topological polar surface area (TPSA) is 122 Å². The minimum Gasteiger partial charge on any atom is -0.497 e. The molecule has 2 N–H and O–H groups in total. The van der Waals surface area contributed by atoms with Crippen molar-refractivity contribution in [2.45, 2.75) is 29.5 Å². The van der Waals surface area contributed by atoms with E-state index in [-0.39, 0.29) is 34.3 Å². The van der Waals surface area contributed by atoms with E-state index in [0.29, 0.717) is 51.3 Å². The van der Waals surface area contributed by atoms with E-state index in [0.717, 1.165) is 0 Å². The number of rotatable bonds is 7. The number of carbonyl (C=O) groups is 2. The van der Waals surface area contributed by atoms with Crippen molar-refractivity contribution < 1.29 is 18.7 Å². The van der Waals surface area contributed by atoms with Crippen LogP contribution >= 0.6 is 23.1 Å². The first-order chi connectivity index (χ1) is 18.4. The number of benzene rings is 2. The van der Waals surface area contributed by atoms with Gasteiger partial charge in [-0.25, -0.2) is 4.39 Å². The molecule has 11 heteroatoms. The maximum absolute atomic E-state index is 14.9. The molecule has 2 aromatic carbocycles. The van der Waals surface area contributed by atoms with E-state index < -0.39 is 11.7 Å². The Hall–Kier alpha value is -4.01. The predicted molar refractivity (Wildman–Crippen MR) is 142 cm³/mol. The van der Waals surface area contributed by atoms with Gasteiger partial charge in [-0.1, -0.05) is 41.3 Å². The van der Waals surface area contributed by atoms with Gasteiger partial charge in [0.25, 0.3) is 0 Å². The molecule has 5 rings (SSSR count). The van der Waals surface area contributed by atoms with Crippen LogP contribution in [0.5, 0.6) is 5.75 Å². The minimum absolute atomic E-state index is 0.0749. The molecule has 192 valence electrons. The van der Waals surface area contributed by atoms with Gasteiger partial charge in [0.05, 0.1) is 30.4 Å². The van der Waals surface area contributed by atoms with E-state index in [9.17, 15) is 19.2 Å². The summed E-state index contributed by atoms with van der Waals surface area (Å²) in [4.78, 5) is 27.4. The summed E-state index contributed by atoms with van der Waals surface area (Å²) < 4.78 is 20.5. The standard InChI is InChI=1S/C27H22FN5O3S2/c1-36-16-11-9-15(10-12-16)22(35)14-37-27-32-31-26(38-27)33-20-7-4-8-21(34)24(20)23(18(13-29)25(33)30)17-5-2-3-6-19(17)28/h2-3,5-6,9-12,23H,4,7-8,14,30H2,1H3. The van der Waals surface area contributed by atoms with Crippen LogP contribution in [-0.4, -0.2) is 34.6 Å². The normalized spacial score (nSPS) is 17.3. The number of nitrogens with zero attached hydrogens (tertiary/aromatic N) is 4. The molecular formula is C27H22FN5O3S2. The summed E-state index contributed by atoms with van der Waals surface area (Å²) in [5, 5.41) is 18.9. The zero-order valence-corrected chi connectivity index (χ0v) is 21.9. The van der Waals surface area contributed by atoms with Gasteiger partial charge >= 0.3 is 0 Å². The van der Waals surface area contributed by atoms with Crippen LogP contribution < -0.4 is 15.4 Å². The molecular weight excluding hydrogens is 525 g/mol. The average Bonchev–Trinajstić information content (AvgIpc) is 3.40. The van der Waals surface area contributed by atoms with Gasteiger partial charge in [0.2, 0.25) is 5.13 Å². The van der Waals surface area contributed by atoms with E-state index in [4.69, 9.17) is 10.5 Å². The second-order valence-electron chi connectivity index (χ2n) is 8.63. The minimum atomic E-state index is -0.885. The number of aromatic nitrogens is 2. The number of hydrogen-bond acceptors (Lipinski definition) is 10. The van der Waals surface area contributed by atoms with Gasteiger partial charge in [0.1, 0.15) is 17.4 Å². The van der Waals surface area contributed by atoms with Crippen molar-refractivity contribution in [1.82, 2.24) is 10.2 Å². The van der Waals surface area contributed by atoms with Crippen LogP contribution in [0.2, 0.25) is 0 Å². The molecule has 1 aromatic heterocycles. The fourth-order valence-electron chi connectivity index (χ4n) is 4.66. The number of nitrogens with two attached hydrogens (primary N) is 1. The number of ether oxygens (including phenoxy) is 1. The van der Waals surface area contributed by atoms with Gasteiger partial charge in [-0.2, -0.15) is 5.26 Å². The van der Waals surface area contributed by atoms with Crippen molar-refractivity contribution in [3.8, 4) is 11.8 Å². The summed E-state index contributed by atoms with van der Waals surface area (Å²) >= 11 is 2.45. The van der Waals surface area contributed by atoms with Crippen molar-refractivity contribution in [2.75, 3.05) is 17.8 Å². The fraction of sp³-hybridized carbons (Fsp3) is 0.222. The highest BCUT2D eigenvalue weighted by molar-refractivity contribution is 8.01. The van der Waals surface area contributed by atoms with Crippen LogP contribution in [-0.2, 0) is 4.79 Å². The average molecular weight is 548 g/mol. The van der Waals surface area contributed by atoms with Crippen LogP contribution in [0.1, 0.15) is 41.1 Å². The summed E-state index contributed by atoms with van der Waals surface area (Å²) in [5.74, 6) is -0.701. The van der Waals surface area contributed by atoms with Crippen LogP contribution in [0.4, 0.5) is 9.52 Å². The van der Waals surface area contributed by atoms with E-state index in [1.54, 1.807) is 54.5 Å².